The van der Waals surface area contributed by atoms with Crippen LogP contribution in [-0.4, -0.2) is 43.1 Å². The van der Waals surface area contributed by atoms with Gasteiger partial charge in [-0.1, -0.05) is 0 Å². The van der Waals surface area contributed by atoms with Gasteiger partial charge in [-0.2, -0.15) is 0 Å². The van der Waals surface area contributed by atoms with Crippen LogP contribution in [0.4, 0.5) is 0 Å². The first-order chi connectivity index (χ1) is 4.43. The van der Waals surface area contributed by atoms with Crippen LogP contribution in [0.15, 0.2) is 0 Å². The van der Waals surface area contributed by atoms with Gasteiger partial charge in [0.05, 0.1) is 25.9 Å². The first-order valence-electron chi connectivity index (χ1n) is 3.23. The molecular formula is C6H17NO4. The van der Waals surface area contributed by atoms with Crippen molar-refractivity contribution in [2.24, 2.45) is 0 Å². The van der Waals surface area contributed by atoms with Crippen molar-refractivity contribution in [2.75, 3.05) is 26.4 Å². The van der Waals surface area contributed by atoms with Crippen molar-refractivity contribution in [3.63, 3.8) is 0 Å². The van der Waals surface area contributed by atoms with Gasteiger partial charge in [0.1, 0.15) is 0 Å². The number of hydrogen-bond acceptors (Lipinski definition) is 4. The van der Waals surface area contributed by atoms with E-state index in [1.807, 2.05) is 0 Å². The first kappa shape index (κ1) is 13.4. The summed E-state index contributed by atoms with van der Waals surface area (Å²) in [5, 5.41) is 8.48. The van der Waals surface area contributed by atoms with E-state index < -0.39 is 0 Å². The van der Waals surface area contributed by atoms with Crippen LogP contribution in [0.3, 0.4) is 0 Å². The number of rotatable bonds is 2. The van der Waals surface area contributed by atoms with Gasteiger partial charge in [0.2, 0.25) is 0 Å². The van der Waals surface area contributed by atoms with E-state index in [2.05, 4.69) is 0 Å². The molecule has 0 bridgehead atoms. The van der Waals surface area contributed by atoms with Gasteiger partial charge in [0.25, 0.3) is 0 Å². The van der Waals surface area contributed by atoms with E-state index in [0.29, 0.717) is 26.2 Å². The van der Waals surface area contributed by atoms with Crippen LogP contribution < -0.4 is 6.15 Å². The Morgan fingerprint density at radius 3 is 2.55 bits per heavy atom. The number of ether oxygens (including phenoxy) is 2. The summed E-state index contributed by atoms with van der Waals surface area (Å²) in [7, 11) is 0. The molecule has 6 N–H and O–H groups in total. The van der Waals surface area contributed by atoms with Crippen molar-refractivity contribution >= 4 is 0 Å². The predicted octanol–water partition coefficient (Wildman–Crippen LogP) is -0.879. The van der Waals surface area contributed by atoms with Gasteiger partial charge in [-0.3, -0.25) is 0 Å². The monoisotopic (exact) mass is 167 g/mol. The zero-order valence-corrected chi connectivity index (χ0v) is 6.58. The fourth-order valence-electron chi connectivity index (χ4n) is 0.847. The molecule has 1 heterocycles. The minimum Gasteiger partial charge on any atom is -0.412 e. The molecule has 0 radical (unpaired) electrons. The lowest BCUT2D eigenvalue weighted by atomic mass is 10.3. The van der Waals surface area contributed by atoms with Gasteiger partial charge < -0.3 is 26.2 Å². The predicted molar refractivity (Wildman–Crippen MR) is 40.9 cm³/mol. The largest absolute Gasteiger partial charge is 0.412 e. The summed E-state index contributed by atoms with van der Waals surface area (Å²) >= 11 is 0. The van der Waals surface area contributed by atoms with Crippen molar-refractivity contribution in [3.05, 3.63) is 0 Å². The molecule has 5 heteroatoms. The molecule has 1 atom stereocenters. The fraction of sp³-hybridized carbons (Fsp3) is 1.00. The lowest BCUT2D eigenvalue weighted by Crippen LogP contribution is -2.29. The Morgan fingerprint density at radius 1 is 1.36 bits per heavy atom. The second kappa shape index (κ2) is 7.90. The quantitative estimate of drug-likeness (QED) is 0.557. The Balaban J connectivity index is 0. The average molecular weight is 167 g/mol. The molecule has 1 aliphatic heterocycles. The van der Waals surface area contributed by atoms with Gasteiger partial charge in [-0.05, 0) is 6.42 Å². The third-order valence-electron chi connectivity index (χ3n) is 1.34. The van der Waals surface area contributed by atoms with Crippen molar-refractivity contribution in [1.29, 1.82) is 0 Å². The maximum Gasteiger partial charge on any atom is 0.0831 e. The minimum atomic E-state index is 0. The summed E-state index contributed by atoms with van der Waals surface area (Å²) < 4.78 is 10.3. The Kier molecular flexibility index (Phi) is 9.62. The van der Waals surface area contributed by atoms with Gasteiger partial charge >= 0.3 is 0 Å². The van der Waals surface area contributed by atoms with Crippen molar-refractivity contribution in [2.45, 2.75) is 12.5 Å². The van der Waals surface area contributed by atoms with E-state index in [9.17, 15) is 0 Å². The molecule has 0 aromatic rings. The van der Waals surface area contributed by atoms with Crippen molar-refractivity contribution in [3.8, 4) is 0 Å². The molecule has 70 valence electrons. The highest BCUT2D eigenvalue weighted by Crippen LogP contribution is 2.03. The molecule has 0 spiro atoms. The van der Waals surface area contributed by atoms with E-state index in [1.165, 1.54) is 0 Å². The molecule has 0 aromatic carbocycles. The van der Waals surface area contributed by atoms with E-state index >= 15 is 0 Å². The molecular weight excluding hydrogens is 150 g/mol. The maximum absolute atomic E-state index is 8.48. The Labute approximate surface area is 66.2 Å². The van der Waals surface area contributed by atoms with Crippen LogP contribution in [0.1, 0.15) is 6.42 Å². The van der Waals surface area contributed by atoms with E-state index in [0.717, 1.165) is 0 Å². The smallest absolute Gasteiger partial charge is 0.0831 e. The zero-order valence-electron chi connectivity index (χ0n) is 6.58. The summed E-state index contributed by atoms with van der Waals surface area (Å²) in [6.07, 6.45) is 0.823. The minimum absolute atomic E-state index is 0. The Morgan fingerprint density at radius 2 is 2.09 bits per heavy atom. The molecule has 1 saturated heterocycles. The van der Waals surface area contributed by atoms with Crippen molar-refractivity contribution in [1.82, 2.24) is 6.15 Å². The third-order valence-corrected chi connectivity index (χ3v) is 1.34. The summed E-state index contributed by atoms with van der Waals surface area (Å²) in [4.78, 5) is 0. The summed E-state index contributed by atoms with van der Waals surface area (Å²) in [5.74, 6) is 0. The highest BCUT2D eigenvalue weighted by molar-refractivity contribution is 4.58. The lowest BCUT2D eigenvalue weighted by molar-refractivity contribution is -0.0943. The second-order valence-electron chi connectivity index (χ2n) is 2.08. The lowest BCUT2D eigenvalue weighted by Gasteiger charge is -2.21. The van der Waals surface area contributed by atoms with Gasteiger partial charge in [0, 0.05) is 6.61 Å². The van der Waals surface area contributed by atoms with E-state index in [1.54, 1.807) is 0 Å². The van der Waals surface area contributed by atoms with Crippen LogP contribution in [-0.2, 0) is 9.47 Å². The molecule has 1 fully saturated rings. The highest BCUT2D eigenvalue weighted by atomic mass is 16.6. The summed E-state index contributed by atoms with van der Waals surface area (Å²) in [6.45, 7) is 2.20. The maximum atomic E-state index is 8.48. The van der Waals surface area contributed by atoms with Gasteiger partial charge in [0.15, 0.2) is 0 Å². The topological polar surface area (TPSA) is 105 Å². The molecule has 0 saturated carbocycles. The summed E-state index contributed by atoms with van der Waals surface area (Å²) in [5.41, 5.74) is 0. The number of aliphatic hydroxyl groups is 1. The molecule has 0 aromatic heterocycles. The Bertz CT molecular complexity index is 72.2. The first-order valence-corrected chi connectivity index (χ1v) is 3.23. The van der Waals surface area contributed by atoms with Crippen LogP contribution in [0.5, 0.6) is 0 Å². The molecule has 5 nitrogen and oxygen atoms in total. The van der Waals surface area contributed by atoms with Gasteiger partial charge in [-0.15, -0.1) is 0 Å². The molecule has 1 rings (SSSR count). The highest BCUT2D eigenvalue weighted by Gasteiger charge is 2.12. The van der Waals surface area contributed by atoms with Crippen LogP contribution >= 0.6 is 0 Å². The second-order valence-corrected chi connectivity index (χ2v) is 2.08. The van der Waals surface area contributed by atoms with Crippen LogP contribution in [0.25, 0.3) is 0 Å². The number of aliphatic hydroxyl groups excluding tert-OH is 1. The summed E-state index contributed by atoms with van der Waals surface area (Å²) in [6, 6.07) is 0. The molecule has 1 aliphatic rings. The zero-order chi connectivity index (χ0) is 6.53. The van der Waals surface area contributed by atoms with E-state index in [-0.39, 0.29) is 24.3 Å². The molecule has 11 heavy (non-hydrogen) atoms. The molecule has 1 unspecified atom stereocenters. The van der Waals surface area contributed by atoms with Crippen molar-refractivity contribution < 1.29 is 20.1 Å². The molecule has 0 amide bonds. The Hall–Kier alpha value is -0.200. The molecule has 0 aliphatic carbocycles. The third kappa shape index (κ3) is 5.11. The van der Waals surface area contributed by atoms with Crippen LogP contribution in [0, 0.1) is 0 Å². The number of hydrogen-bond donors (Lipinski definition) is 2. The van der Waals surface area contributed by atoms with E-state index in [4.69, 9.17) is 14.6 Å². The van der Waals surface area contributed by atoms with Gasteiger partial charge in [-0.25, -0.2) is 0 Å². The fourth-order valence-corrected chi connectivity index (χ4v) is 0.847. The van der Waals surface area contributed by atoms with Crippen LogP contribution in [0.2, 0.25) is 0 Å². The standard InChI is InChI=1S/C6H12O3.H3N.H2O/c7-2-1-6-5-8-3-4-9-6;;/h6-7H,1-5H2;1H3;1H2. The average Bonchev–Trinajstić information content (AvgIpc) is 1.91. The normalized spacial score (nSPS) is 23.2. The SMILES string of the molecule is N.O.OCCC1COCCO1.